The molecule has 1 heterocycles. The third-order valence-corrected chi connectivity index (χ3v) is 2.48. The number of hydrogen-bond acceptors (Lipinski definition) is 3. The van der Waals surface area contributed by atoms with E-state index >= 15 is 0 Å². The maximum Gasteiger partial charge on any atom is 0.106 e. The molecule has 0 saturated heterocycles. The normalized spacial score (nSPS) is 10.9. The summed E-state index contributed by atoms with van der Waals surface area (Å²) in [5.41, 5.74) is 1.08. The first-order valence-corrected chi connectivity index (χ1v) is 5.94. The molecule has 0 saturated carbocycles. The molecule has 0 aliphatic heterocycles. The van der Waals surface area contributed by atoms with Gasteiger partial charge < -0.3 is 10.2 Å². The van der Waals surface area contributed by atoms with E-state index in [1.165, 1.54) is 6.42 Å². The number of hydrogen-bond donors (Lipinski definition) is 1. The SMILES string of the molecule is CN(C)CCCNCc1cccc(Br)n1. The van der Waals surface area contributed by atoms with E-state index in [1.807, 2.05) is 18.2 Å². The number of rotatable bonds is 6. The van der Waals surface area contributed by atoms with Gasteiger partial charge in [-0.25, -0.2) is 4.98 Å². The van der Waals surface area contributed by atoms with Gasteiger partial charge >= 0.3 is 0 Å². The molecule has 4 heteroatoms. The van der Waals surface area contributed by atoms with E-state index in [0.717, 1.165) is 29.9 Å². The number of pyridine rings is 1. The summed E-state index contributed by atoms with van der Waals surface area (Å²) in [4.78, 5) is 6.54. The fourth-order valence-corrected chi connectivity index (χ4v) is 1.67. The second-order valence-corrected chi connectivity index (χ2v) is 4.60. The van der Waals surface area contributed by atoms with Crippen molar-refractivity contribution in [3.63, 3.8) is 0 Å². The molecule has 0 atom stereocenters. The summed E-state index contributed by atoms with van der Waals surface area (Å²) < 4.78 is 0.898. The van der Waals surface area contributed by atoms with Crippen molar-refractivity contribution in [2.75, 3.05) is 27.2 Å². The molecular formula is C11H18BrN3. The summed E-state index contributed by atoms with van der Waals surface area (Å²) in [6.07, 6.45) is 1.17. The van der Waals surface area contributed by atoms with Crippen molar-refractivity contribution in [2.45, 2.75) is 13.0 Å². The molecule has 0 unspecified atom stereocenters. The third-order valence-electron chi connectivity index (χ3n) is 2.04. The van der Waals surface area contributed by atoms with Gasteiger partial charge in [0.2, 0.25) is 0 Å². The van der Waals surface area contributed by atoms with E-state index in [9.17, 15) is 0 Å². The van der Waals surface area contributed by atoms with Crippen LogP contribution in [0, 0.1) is 0 Å². The Balaban J connectivity index is 2.15. The van der Waals surface area contributed by atoms with Gasteiger partial charge in [-0.3, -0.25) is 0 Å². The minimum atomic E-state index is 0.840. The summed E-state index contributed by atoms with van der Waals surface area (Å²) >= 11 is 3.36. The Kier molecular flexibility index (Phi) is 5.83. The van der Waals surface area contributed by atoms with Crippen LogP contribution in [0.1, 0.15) is 12.1 Å². The first kappa shape index (κ1) is 12.6. The average molecular weight is 272 g/mol. The monoisotopic (exact) mass is 271 g/mol. The second-order valence-electron chi connectivity index (χ2n) is 3.79. The molecule has 0 spiro atoms. The Labute approximate surface area is 100 Å². The lowest BCUT2D eigenvalue weighted by Gasteiger charge is -2.09. The molecule has 1 rings (SSSR count). The Bertz CT molecular complexity index is 289. The third kappa shape index (κ3) is 5.87. The van der Waals surface area contributed by atoms with Crippen LogP contribution in [0.3, 0.4) is 0 Å². The molecule has 1 N–H and O–H groups in total. The van der Waals surface area contributed by atoms with Gasteiger partial charge in [0.05, 0.1) is 5.69 Å². The van der Waals surface area contributed by atoms with Gasteiger partial charge in [-0.1, -0.05) is 6.07 Å². The Morgan fingerprint density at radius 2 is 2.20 bits per heavy atom. The molecule has 1 aromatic rings. The lowest BCUT2D eigenvalue weighted by Crippen LogP contribution is -2.21. The number of nitrogens with zero attached hydrogens (tertiary/aromatic N) is 2. The zero-order valence-corrected chi connectivity index (χ0v) is 10.9. The minimum absolute atomic E-state index is 0.840. The first-order valence-electron chi connectivity index (χ1n) is 5.15. The van der Waals surface area contributed by atoms with E-state index in [0.29, 0.717) is 0 Å². The maximum absolute atomic E-state index is 4.35. The Hall–Kier alpha value is -0.450. The van der Waals surface area contributed by atoms with Crippen LogP contribution in [0.5, 0.6) is 0 Å². The summed E-state index contributed by atoms with van der Waals surface area (Å²) in [5.74, 6) is 0. The molecule has 0 aliphatic rings. The van der Waals surface area contributed by atoms with Gasteiger partial charge in [-0.2, -0.15) is 0 Å². The van der Waals surface area contributed by atoms with Crippen LogP contribution < -0.4 is 5.32 Å². The molecule has 15 heavy (non-hydrogen) atoms. The summed E-state index contributed by atoms with van der Waals surface area (Å²) in [6.45, 7) is 3.00. The highest BCUT2D eigenvalue weighted by atomic mass is 79.9. The van der Waals surface area contributed by atoms with Crippen LogP contribution in [0.15, 0.2) is 22.8 Å². The largest absolute Gasteiger partial charge is 0.311 e. The van der Waals surface area contributed by atoms with Crippen molar-refractivity contribution >= 4 is 15.9 Å². The van der Waals surface area contributed by atoms with Crippen LogP contribution >= 0.6 is 15.9 Å². The van der Waals surface area contributed by atoms with Gasteiger partial charge in [0.15, 0.2) is 0 Å². The second kappa shape index (κ2) is 6.93. The van der Waals surface area contributed by atoms with Crippen molar-refractivity contribution in [3.05, 3.63) is 28.5 Å². The molecule has 3 nitrogen and oxygen atoms in total. The topological polar surface area (TPSA) is 28.2 Å². The highest BCUT2D eigenvalue weighted by Crippen LogP contribution is 2.05. The zero-order chi connectivity index (χ0) is 11.1. The van der Waals surface area contributed by atoms with Gasteiger partial charge in [-0.05, 0) is 61.7 Å². The predicted octanol–water partition coefficient (Wildman–Crippen LogP) is 1.89. The van der Waals surface area contributed by atoms with Gasteiger partial charge in [0.1, 0.15) is 4.60 Å². The van der Waals surface area contributed by atoms with E-state index in [-0.39, 0.29) is 0 Å². The van der Waals surface area contributed by atoms with Crippen molar-refractivity contribution in [2.24, 2.45) is 0 Å². The van der Waals surface area contributed by atoms with Crippen LogP contribution in [0.2, 0.25) is 0 Å². The van der Waals surface area contributed by atoms with Gasteiger partial charge in [-0.15, -0.1) is 0 Å². The minimum Gasteiger partial charge on any atom is -0.311 e. The summed E-state index contributed by atoms with van der Waals surface area (Å²) in [7, 11) is 4.19. The van der Waals surface area contributed by atoms with Crippen LogP contribution in [0.25, 0.3) is 0 Å². The quantitative estimate of drug-likeness (QED) is 0.633. The fourth-order valence-electron chi connectivity index (χ4n) is 1.29. The first-order chi connectivity index (χ1) is 7.18. The highest BCUT2D eigenvalue weighted by molar-refractivity contribution is 9.10. The Morgan fingerprint density at radius 1 is 1.40 bits per heavy atom. The van der Waals surface area contributed by atoms with Crippen LogP contribution in [0.4, 0.5) is 0 Å². The summed E-state index contributed by atoms with van der Waals surface area (Å²) in [6, 6.07) is 5.98. The fraction of sp³-hybridized carbons (Fsp3) is 0.545. The van der Waals surface area contributed by atoms with E-state index in [2.05, 4.69) is 45.2 Å². The van der Waals surface area contributed by atoms with Crippen LogP contribution in [-0.4, -0.2) is 37.1 Å². The molecule has 0 aliphatic carbocycles. The molecule has 0 radical (unpaired) electrons. The molecule has 84 valence electrons. The van der Waals surface area contributed by atoms with E-state index < -0.39 is 0 Å². The molecule has 0 aromatic carbocycles. The summed E-state index contributed by atoms with van der Waals surface area (Å²) in [5, 5.41) is 3.37. The standard InChI is InChI=1S/C11H18BrN3/c1-15(2)8-4-7-13-9-10-5-3-6-11(12)14-10/h3,5-6,13H,4,7-9H2,1-2H3. The van der Waals surface area contributed by atoms with Crippen molar-refractivity contribution in [1.29, 1.82) is 0 Å². The molecule has 0 amide bonds. The van der Waals surface area contributed by atoms with Crippen molar-refractivity contribution in [3.8, 4) is 0 Å². The number of halogens is 1. The van der Waals surface area contributed by atoms with E-state index in [1.54, 1.807) is 0 Å². The average Bonchev–Trinajstić information content (AvgIpc) is 2.17. The van der Waals surface area contributed by atoms with Gasteiger partial charge in [0, 0.05) is 6.54 Å². The molecule has 0 bridgehead atoms. The van der Waals surface area contributed by atoms with Gasteiger partial charge in [0.25, 0.3) is 0 Å². The lowest BCUT2D eigenvalue weighted by molar-refractivity contribution is 0.394. The lowest BCUT2D eigenvalue weighted by atomic mass is 10.3. The molecule has 0 fully saturated rings. The Morgan fingerprint density at radius 3 is 2.87 bits per heavy atom. The molecule has 1 aromatic heterocycles. The van der Waals surface area contributed by atoms with E-state index in [4.69, 9.17) is 0 Å². The maximum atomic E-state index is 4.35. The van der Waals surface area contributed by atoms with Crippen molar-refractivity contribution in [1.82, 2.24) is 15.2 Å². The predicted molar refractivity (Wildman–Crippen MR) is 66.8 cm³/mol. The zero-order valence-electron chi connectivity index (χ0n) is 9.33. The van der Waals surface area contributed by atoms with Crippen LogP contribution in [-0.2, 0) is 6.54 Å². The smallest absolute Gasteiger partial charge is 0.106 e. The highest BCUT2D eigenvalue weighted by Gasteiger charge is 1.95. The number of nitrogens with one attached hydrogen (secondary N) is 1. The number of aromatic nitrogens is 1. The van der Waals surface area contributed by atoms with Crippen molar-refractivity contribution < 1.29 is 0 Å². The molecular weight excluding hydrogens is 254 g/mol.